The summed E-state index contributed by atoms with van der Waals surface area (Å²) in [5.41, 5.74) is 0. The molecule has 2 heterocycles. The minimum Gasteiger partial charge on any atom is -0.272 e. The van der Waals surface area contributed by atoms with Crippen LogP contribution < -0.4 is 0 Å². The molecule has 108 valence electrons. The average Bonchev–Trinajstić information content (AvgIpc) is 2.82. The SMILES string of the molecule is CON1C(=O)C2CC3C(=O)N(OC)C(=O)C3CC2C1=O. The summed E-state index contributed by atoms with van der Waals surface area (Å²) >= 11 is 0. The van der Waals surface area contributed by atoms with E-state index in [0.717, 1.165) is 10.1 Å². The fourth-order valence-corrected chi connectivity index (χ4v) is 3.48. The zero-order valence-electron chi connectivity index (χ0n) is 11.1. The van der Waals surface area contributed by atoms with Crippen molar-refractivity contribution >= 4 is 23.6 Å². The maximum Gasteiger partial charge on any atom is 0.257 e. The first-order valence-electron chi connectivity index (χ1n) is 6.35. The van der Waals surface area contributed by atoms with E-state index in [1.54, 1.807) is 0 Å². The van der Waals surface area contributed by atoms with Gasteiger partial charge in [-0.3, -0.25) is 28.9 Å². The van der Waals surface area contributed by atoms with Crippen LogP contribution in [0.15, 0.2) is 0 Å². The zero-order valence-corrected chi connectivity index (χ0v) is 11.1. The molecule has 0 aromatic rings. The second kappa shape index (κ2) is 4.35. The average molecular weight is 282 g/mol. The quantitative estimate of drug-likeness (QED) is 0.610. The molecule has 2 saturated heterocycles. The molecule has 0 aromatic heterocycles. The van der Waals surface area contributed by atoms with Gasteiger partial charge in [0.1, 0.15) is 0 Å². The molecule has 3 fully saturated rings. The number of hydrogen-bond acceptors (Lipinski definition) is 6. The predicted molar refractivity (Wildman–Crippen MR) is 60.9 cm³/mol. The molecule has 20 heavy (non-hydrogen) atoms. The molecule has 4 atom stereocenters. The third-order valence-electron chi connectivity index (χ3n) is 4.42. The summed E-state index contributed by atoms with van der Waals surface area (Å²) in [6, 6.07) is 0. The van der Waals surface area contributed by atoms with Gasteiger partial charge in [-0.2, -0.15) is 10.1 Å². The third-order valence-corrected chi connectivity index (χ3v) is 4.42. The van der Waals surface area contributed by atoms with Crippen LogP contribution >= 0.6 is 0 Å². The van der Waals surface area contributed by atoms with Crippen LogP contribution in [0.3, 0.4) is 0 Å². The minimum atomic E-state index is -0.586. The lowest BCUT2D eigenvalue weighted by Gasteiger charge is -2.27. The van der Waals surface area contributed by atoms with Crippen molar-refractivity contribution < 1.29 is 28.9 Å². The van der Waals surface area contributed by atoms with Crippen LogP contribution in [0, 0.1) is 23.7 Å². The lowest BCUT2D eigenvalue weighted by molar-refractivity contribution is -0.181. The standard InChI is InChI=1S/C12H14N2O6/c1-19-13-9(15)5-3-7-8(4-6(5)10(13)16)12(18)14(20-2)11(7)17/h5-8H,3-4H2,1-2H3. The Labute approximate surface area is 114 Å². The summed E-state index contributed by atoms with van der Waals surface area (Å²) in [6.07, 6.45) is 0.369. The van der Waals surface area contributed by atoms with Crippen LogP contribution in [-0.2, 0) is 28.9 Å². The Hall–Kier alpha value is -1.80. The van der Waals surface area contributed by atoms with Crippen molar-refractivity contribution in [1.29, 1.82) is 0 Å². The van der Waals surface area contributed by atoms with Gasteiger partial charge in [-0.05, 0) is 12.8 Å². The molecule has 8 nitrogen and oxygen atoms in total. The highest BCUT2D eigenvalue weighted by molar-refractivity contribution is 6.08. The summed E-state index contributed by atoms with van der Waals surface area (Å²) < 4.78 is 0. The monoisotopic (exact) mass is 282 g/mol. The van der Waals surface area contributed by atoms with E-state index >= 15 is 0 Å². The van der Waals surface area contributed by atoms with E-state index in [-0.39, 0.29) is 12.8 Å². The molecular formula is C12H14N2O6. The Morgan fingerprint density at radius 2 is 0.950 bits per heavy atom. The van der Waals surface area contributed by atoms with Gasteiger partial charge < -0.3 is 0 Å². The molecule has 0 radical (unpaired) electrons. The van der Waals surface area contributed by atoms with Crippen LogP contribution in [-0.4, -0.2) is 48.0 Å². The summed E-state index contributed by atoms with van der Waals surface area (Å²) in [7, 11) is 2.49. The summed E-state index contributed by atoms with van der Waals surface area (Å²) in [5.74, 6) is -4.08. The van der Waals surface area contributed by atoms with E-state index < -0.39 is 47.3 Å². The van der Waals surface area contributed by atoms with E-state index in [1.807, 2.05) is 0 Å². The third kappa shape index (κ3) is 1.49. The molecular weight excluding hydrogens is 268 g/mol. The van der Waals surface area contributed by atoms with Gasteiger partial charge >= 0.3 is 0 Å². The Balaban J connectivity index is 1.90. The van der Waals surface area contributed by atoms with Gasteiger partial charge in [-0.15, -0.1) is 0 Å². The van der Waals surface area contributed by atoms with E-state index in [4.69, 9.17) is 9.68 Å². The number of hydroxylamine groups is 4. The Kier molecular flexibility index (Phi) is 2.87. The van der Waals surface area contributed by atoms with Crippen LogP contribution in [0.4, 0.5) is 0 Å². The van der Waals surface area contributed by atoms with Crippen LogP contribution in [0.25, 0.3) is 0 Å². The van der Waals surface area contributed by atoms with Gasteiger partial charge in [-0.1, -0.05) is 0 Å². The number of carbonyl (C=O) groups excluding carboxylic acids is 4. The molecule has 1 saturated carbocycles. The fraction of sp³-hybridized carbons (Fsp3) is 0.667. The van der Waals surface area contributed by atoms with Crippen molar-refractivity contribution in [3.8, 4) is 0 Å². The Bertz CT molecular complexity index is 432. The maximum atomic E-state index is 12.0. The number of hydrogen-bond donors (Lipinski definition) is 0. The fourth-order valence-electron chi connectivity index (χ4n) is 3.48. The van der Waals surface area contributed by atoms with Gasteiger partial charge in [0.15, 0.2) is 0 Å². The largest absolute Gasteiger partial charge is 0.272 e. The second-order valence-electron chi connectivity index (χ2n) is 5.20. The number of fused-ring (bicyclic) bond motifs is 2. The minimum absolute atomic E-state index is 0.185. The molecule has 3 rings (SSSR count). The lowest BCUT2D eigenvalue weighted by Crippen LogP contribution is -2.35. The highest BCUT2D eigenvalue weighted by Crippen LogP contribution is 2.47. The predicted octanol–water partition coefficient (Wildman–Crippen LogP) is -0.895. The first-order chi connectivity index (χ1) is 9.51. The molecule has 2 aliphatic heterocycles. The van der Waals surface area contributed by atoms with Crippen LogP contribution in [0.2, 0.25) is 0 Å². The van der Waals surface area contributed by atoms with Crippen LogP contribution in [0.1, 0.15) is 12.8 Å². The molecule has 8 heteroatoms. The first kappa shape index (κ1) is 13.2. The molecule has 0 N–H and O–H groups in total. The molecule has 4 unspecified atom stereocenters. The lowest BCUT2D eigenvalue weighted by atomic mass is 9.70. The van der Waals surface area contributed by atoms with Crippen molar-refractivity contribution in [1.82, 2.24) is 10.1 Å². The number of amides is 4. The smallest absolute Gasteiger partial charge is 0.257 e. The number of rotatable bonds is 2. The van der Waals surface area contributed by atoms with Crippen molar-refractivity contribution in [3.63, 3.8) is 0 Å². The van der Waals surface area contributed by atoms with E-state index in [0.29, 0.717) is 0 Å². The maximum absolute atomic E-state index is 12.0. The van der Waals surface area contributed by atoms with Crippen molar-refractivity contribution in [3.05, 3.63) is 0 Å². The van der Waals surface area contributed by atoms with Crippen molar-refractivity contribution in [2.24, 2.45) is 23.7 Å². The molecule has 0 spiro atoms. The zero-order chi connectivity index (χ0) is 14.6. The highest BCUT2D eigenvalue weighted by Gasteiger charge is 2.60. The van der Waals surface area contributed by atoms with Gasteiger partial charge in [0, 0.05) is 0 Å². The second-order valence-corrected chi connectivity index (χ2v) is 5.20. The van der Waals surface area contributed by atoms with E-state index in [2.05, 4.69) is 0 Å². The number of nitrogens with zero attached hydrogens (tertiary/aromatic N) is 2. The molecule has 0 aromatic carbocycles. The van der Waals surface area contributed by atoms with Gasteiger partial charge in [-0.25, -0.2) is 0 Å². The molecule has 0 bridgehead atoms. The van der Waals surface area contributed by atoms with E-state index in [9.17, 15) is 19.2 Å². The van der Waals surface area contributed by atoms with Crippen LogP contribution in [0.5, 0.6) is 0 Å². The Morgan fingerprint density at radius 1 is 0.700 bits per heavy atom. The number of carbonyl (C=O) groups is 4. The summed E-state index contributed by atoms with van der Waals surface area (Å²) in [5, 5.41) is 1.47. The summed E-state index contributed by atoms with van der Waals surface area (Å²) in [6.45, 7) is 0. The van der Waals surface area contributed by atoms with E-state index in [1.165, 1.54) is 14.2 Å². The highest BCUT2D eigenvalue weighted by atomic mass is 16.7. The van der Waals surface area contributed by atoms with Gasteiger partial charge in [0.25, 0.3) is 23.6 Å². The number of imide groups is 2. The molecule has 3 aliphatic rings. The van der Waals surface area contributed by atoms with Gasteiger partial charge in [0.05, 0.1) is 37.9 Å². The summed E-state index contributed by atoms with van der Waals surface area (Å²) in [4.78, 5) is 57.7. The van der Waals surface area contributed by atoms with Gasteiger partial charge in [0.2, 0.25) is 0 Å². The Morgan fingerprint density at radius 3 is 1.15 bits per heavy atom. The first-order valence-corrected chi connectivity index (χ1v) is 6.35. The van der Waals surface area contributed by atoms with Crippen molar-refractivity contribution in [2.75, 3.05) is 14.2 Å². The topological polar surface area (TPSA) is 93.2 Å². The molecule has 1 aliphatic carbocycles. The molecule has 4 amide bonds. The normalized spacial score (nSPS) is 36.7. The van der Waals surface area contributed by atoms with Crippen molar-refractivity contribution in [2.45, 2.75) is 12.8 Å².